The molecule has 0 bridgehead atoms. The van der Waals surface area contributed by atoms with E-state index in [0.29, 0.717) is 126 Å². The molecule has 734 valence electrons. The first-order valence-electron chi connectivity index (χ1n) is 42.4. The van der Waals surface area contributed by atoms with Crippen LogP contribution in [0, 0.1) is 12.3 Å². The van der Waals surface area contributed by atoms with Gasteiger partial charge < -0.3 is 89.5 Å². The monoisotopic (exact) mass is 2080 g/mol. The van der Waals surface area contributed by atoms with E-state index in [1.54, 1.807) is 31.2 Å². The predicted octanol–water partition coefficient (Wildman–Crippen LogP) is 9.64. The summed E-state index contributed by atoms with van der Waals surface area (Å²) >= 11 is 30.3. The Balaban J connectivity index is 0.000000162. The average molecular weight is 2080 g/mol. The van der Waals surface area contributed by atoms with Crippen LogP contribution in [0.4, 0.5) is 34.1 Å². The van der Waals surface area contributed by atoms with Crippen molar-refractivity contribution in [3.8, 4) is 23.0 Å². The molecule has 6 fully saturated rings. The number of nitrogen functional groups attached to an aromatic ring is 1. The van der Waals surface area contributed by atoms with Crippen LogP contribution in [0.2, 0.25) is 25.1 Å². The van der Waals surface area contributed by atoms with Crippen molar-refractivity contribution in [3.05, 3.63) is 162 Å². The van der Waals surface area contributed by atoms with Gasteiger partial charge in [0.05, 0.1) is 68.0 Å². The van der Waals surface area contributed by atoms with E-state index >= 15 is 0 Å². The van der Waals surface area contributed by atoms with Gasteiger partial charge in [-0.25, -0.2) is 52.1 Å². The maximum Gasteiger partial charge on any atom is 0.272 e. The number of hydrogen-bond donors (Lipinski definition) is 8. The Morgan fingerprint density at radius 2 is 0.806 bits per heavy atom. The second kappa shape index (κ2) is 42.7. The molecule has 16 rings (SSSR count). The molecular formula is C85H110Cl6N16O22S5. The molecule has 0 unspecified atom stereocenters. The van der Waals surface area contributed by atoms with Crippen molar-refractivity contribution in [1.29, 1.82) is 0 Å². The van der Waals surface area contributed by atoms with Gasteiger partial charge in [0, 0.05) is 158 Å². The number of aromatic hydroxyl groups is 3. The van der Waals surface area contributed by atoms with Crippen molar-refractivity contribution < 1.29 is 80.1 Å². The Labute approximate surface area is 807 Å². The summed E-state index contributed by atoms with van der Waals surface area (Å²) in [6.07, 6.45) is 0. The third-order valence-corrected chi connectivity index (χ3v) is 34.2. The van der Waals surface area contributed by atoms with Gasteiger partial charge in [-0.05, 0) is 122 Å². The number of sulfonamides is 4. The summed E-state index contributed by atoms with van der Waals surface area (Å²) in [6.45, 7) is 30.3. The highest BCUT2D eigenvalue weighted by Crippen LogP contribution is 2.47. The van der Waals surface area contributed by atoms with E-state index < -0.39 is 109 Å². The van der Waals surface area contributed by atoms with Gasteiger partial charge in [0.15, 0.2) is 34.2 Å². The number of nitrogens with two attached hydrogens (primary N) is 1. The molecule has 6 saturated heterocycles. The molecule has 10 aromatic rings. The standard InChI is InChI=1S/C25H29ClN4O7S.C17H20ClN3O6S.C16H22ClN3O3S.C11H11Cl2NO3S.C11H16ClN3O3S.C5H12N2/c1-14-4-7-17(37-14)24(25(2)12-36-13-25)28-19-18(21(32)22(19)33)27-16-6-5-15(26)23(20(16)31)38(34,35)30-10-8-29(3)9-11-30;1-3-27-16-12(14(23)15(16)24)19-11-5-4-10(18)17(13(11)22)28(25,26)21-8-6-20(2)7-9-21;1-16(2,3)15-18-12-6-5-11(17)14(13(12)23-15)24(21,22)20-9-7-19(4)8-10-20;1-11(2,3)10-14-7-5-4-6(12)9(8(7)17-10)18(13,15)16;1-14-4-6-15(7-5-14)19(17,18)11-8(12)2-3-9(13)10(11)16;1-7-4-2-6-3-5-7/h4-7,24,27-28,31H,8-13H2,1-3H3;4-5,19,22H,3,6-9H2,1-2H3;5-6H,7-10H2,1-4H3;4-5H,1-3H3;2-3,16H,4-7,13H2,1H3;6H,2-5H2,1H3/t24-;;;;;/m0...../s1. The topological polar surface area (TPSA) is 487 Å². The number of oxazole rings is 2. The van der Waals surface area contributed by atoms with Crippen LogP contribution < -0.4 is 53.5 Å². The summed E-state index contributed by atoms with van der Waals surface area (Å²) in [7, 11) is -4.52. The van der Waals surface area contributed by atoms with Crippen molar-refractivity contribution in [1.82, 2.24) is 57.0 Å². The van der Waals surface area contributed by atoms with Crippen molar-refractivity contribution in [2.24, 2.45) is 5.41 Å². The number of ether oxygens (including phenoxy) is 2. The lowest BCUT2D eigenvalue weighted by atomic mass is 9.79. The number of fused-ring (bicyclic) bond motifs is 2. The number of rotatable bonds is 19. The van der Waals surface area contributed by atoms with E-state index in [2.05, 4.69) is 48.1 Å². The number of nitrogens with one attached hydrogen (secondary N) is 4. The zero-order valence-corrected chi connectivity index (χ0v) is 84.8. The molecule has 49 heteroatoms. The highest BCUT2D eigenvalue weighted by Gasteiger charge is 2.46. The summed E-state index contributed by atoms with van der Waals surface area (Å²) in [5, 5.41) is 43.1. The zero-order valence-electron chi connectivity index (χ0n) is 76.2. The summed E-state index contributed by atoms with van der Waals surface area (Å²) in [5.74, 6) is 0.323. The van der Waals surface area contributed by atoms with E-state index in [0.717, 1.165) is 13.1 Å². The first-order valence-corrected chi connectivity index (χ1v) is 52.3. The lowest BCUT2D eigenvalue weighted by molar-refractivity contribution is -0.115. The third kappa shape index (κ3) is 23.7. The molecule has 9 heterocycles. The van der Waals surface area contributed by atoms with Gasteiger partial charge in [-0.15, -0.1) is 0 Å². The maximum atomic E-state index is 13.4. The molecule has 6 aliphatic heterocycles. The number of phenols is 3. The largest absolute Gasteiger partial charge is 0.504 e. The Morgan fingerprint density at radius 3 is 1.16 bits per heavy atom. The van der Waals surface area contributed by atoms with Crippen LogP contribution in [-0.2, 0) is 64.7 Å². The smallest absolute Gasteiger partial charge is 0.272 e. The van der Waals surface area contributed by atoms with Gasteiger partial charge in [-0.1, -0.05) is 106 Å². The third-order valence-electron chi connectivity index (χ3n) is 22.8. The first-order chi connectivity index (χ1) is 62.5. The van der Waals surface area contributed by atoms with Crippen LogP contribution in [0.15, 0.2) is 130 Å². The second-order valence-corrected chi connectivity index (χ2v) is 47.3. The molecule has 134 heavy (non-hydrogen) atoms. The lowest BCUT2D eigenvalue weighted by Crippen LogP contribution is -2.49. The quantitative estimate of drug-likeness (QED) is 0.0161. The highest BCUT2D eigenvalue weighted by atomic mass is 35.7. The summed E-state index contributed by atoms with van der Waals surface area (Å²) in [6, 6.07) is 17.5. The normalized spacial score (nSPS) is 17.9. The molecule has 7 aromatic carbocycles. The minimum absolute atomic E-state index is 0.00268. The Hall–Kier alpha value is -8.07. The van der Waals surface area contributed by atoms with Gasteiger partial charge in [0.2, 0.25) is 51.9 Å². The summed E-state index contributed by atoms with van der Waals surface area (Å²) in [5.41, 5.74) is 2.31. The molecule has 6 aliphatic rings. The van der Waals surface area contributed by atoms with Gasteiger partial charge in [0.25, 0.3) is 30.8 Å². The average Bonchev–Trinajstić information content (AvgIpc) is 1.77. The molecule has 9 N–H and O–H groups in total. The number of likely N-dealkylation sites (N-methyl/N-ethyl adjacent to an activating group) is 5. The molecule has 0 aliphatic carbocycles. The number of furan rings is 1. The maximum absolute atomic E-state index is 13.4. The minimum atomic E-state index is -4.12. The van der Waals surface area contributed by atoms with Crippen molar-refractivity contribution in [2.45, 2.75) is 104 Å². The number of piperazine rings is 5. The number of aryl methyl sites for hydroxylation is 1. The fourth-order valence-electron chi connectivity index (χ4n) is 14.6. The SMILES string of the molecule is CC(C)(C)c1nc2ccc(Cl)c(S(=O)(=O)Cl)c2o1.CCOc1c(Nc2ccc(Cl)c(S(=O)(=O)N3CCN(C)CC3)c2O)c(=O)c1=O.CN1CCN(S(=O)(=O)c2c(Cl)ccc(N)c2O)CC1.CN1CCN(S(=O)(=O)c2c(Cl)ccc3nc(C(C)(C)C)oc23)CC1.CN1CCNCC1.Cc1ccc([C@H](Nc2c(Nc3ccc(Cl)c(S(=O)(=O)N4CCN(C)CC4)c3O)c(=O)c2=O)C2(C)COC2)o1. The number of aromatic nitrogens is 2. The van der Waals surface area contributed by atoms with Gasteiger partial charge in [-0.3, -0.25) is 19.2 Å². The molecule has 0 radical (unpaired) electrons. The van der Waals surface area contributed by atoms with Crippen molar-refractivity contribution >= 4 is 174 Å². The summed E-state index contributed by atoms with van der Waals surface area (Å²) < 4.78 is 160. The lowest BCUT2D eigenvalue weighted by Gasteiger charge is -2.44. The van der Waals surface area contributed by atoms with Crippen molar-refractivity contribution in [3.63, 3.8) is 0 Å². The van der Waals surface area contributed by atoms with E-state index in [-0.39, 0.29) is 134 Å². The number of halogens is 6. The Morgan fingerprint density at radius 1 is 0.463 bits per heavy atom. The number of phenolic OH excluding ortho intramolecular Hbond substituents is 3. The number of benzene rings is 5. The fraction of sp³-hybridized carbons (Fsp3) is 0.482. The zero-order chi connectivity index (χ0) is 98.8. The van der Waals surface area contributed by atoms with Crippen LogP contribution in [0.3, 0.4) is 0 Å². The van der Waals surface area contributed by atoms with E-state index in [1.807, 2.05) is 104 Å². The molecule has 0 spiro atoms. The van der Waals surface area contributed by atoms with Crippen molar-refractivity contribution in [2.75, 3.05) is 208 Å². The first kappa shape index (κ1) is 106. The van der Waals surface area contributed by atoms with Crippen LogP contribution in [-0.4, -0.2) is 295 Å². The summed E-state index contributed by atoms with van der Waals surface area (Å²) in [4.78, 5) is 66.3. The Kier molecular flexibility index (Phi) is 33.9. The van der Waals surface area contributed by atoms with E-state index in [9.17, 15) is 76.6 Å². The van der Waals surface area contributed by atoms with Crippen LogP contribution in [0.5, 0.6) is 23.0 Å². The van der Waals surface area contributed by atoms with Crippen LogP contribution in [0.25, 0.3) is 22.2 Å². The minimum Gasteiger partial charge on any atom is -0.504 e. The molecule has 38 nitrogen and oxygen atoms in total. The van der Waals surface area contributed by atoms with Gasteiger partial charge >= 0.3 is 0 Å². The Bertz CT molecular complexity index is 6720. The molecule has 3 aromatic heterocycles. The predicted molar refractivity (Wildman–Crippen MR) is 517 cm³/mol. The highest BCUT2D eigenvalue weighted by molar-refractivity contribution is 8.14. The number of anilines is 6. The number of nitrogens with zero attached hydrogens (tertiary/aromatic N) is 11. The van der Waals surface area contributed by atoms with E-state index in [1.165, 1.54) is 72.8 Å². The van der Waals surface area contributed by atoms with Crippen LogP contribution in [0.1, 0.15) is 84.7 Å². The number of hydrogen-bond acceptors (Lipinski definition) is 34. The molecular weight excluding hydrogens is 1970 g/mol. The molecule has 0 saturated carbocycles. The van der Waals surface area contributed by atoms with E-state index in [4.69, 9.17) is 97.1 Å². The fourth-order valence-corrected chi connectivity index (χ4v) is 24.4. The molecule has 0 amide bonds. The van der Waals surface area contributed by atoms with Gasteiger partial charge in [0.1, 0.15) is 64.1 Å². The second-order valence-electron chi connectivity index (χ2n) is 35.3. The van der Waals surface area contributed by atoms with Crippen LogP contribution >= 0.6 is 68.7 Å². The molecule has 1 atom stereocenters. The van der Waals surface area contributed by atoms with Gasteiger partial charge in [-0.2, -0.15) is 17.2 Å².